The molecule has 0 unspecified atom stereocenters. The van der Waals surface area contributed by atoms with Crippen LogP contribution in [0.3, 0.4) is 0 Å². The van der Waals surface area contributed by atoms with Crippen molar-refractivity contribution in [2.75, 3.05) is 5.32 Å². The van der Waals surface area contributed by atoms with E-state index in [1.807, 2.05) is 0 Å². The highest BCUT2D eigenvalue weighted by Gasteiger charge is 2.67. The number of anilines is 1. The van der Waals surface area contributed by atoms with E-state index in [1.54, 1.807) is 13.0 Å². The number of aryl methyl sites for hydroxylation is 1. The van der Waals surface area contributed by atoms with Gasteiger partial charge in [-0.2, -0.15) is 13.2 Å². The Morgan fingerprint density at radius 2 is 1.60 bits per heavy atom. The molecule has 1 N–H and O–H groups in total. The SMILES string of the molecule is Cc1cc([C@H]2[C@H](C(=O)Nc3ccc(Cl)c(C(=O)Cc4ccc(F)c(CC(=O)C(F)(F)F)c4)c3)C2(Cl)Cl)ccc1F. The summed E-state index contributed by atoms with van der Waals surface area (Å²) in [6.07, 6.45) is -6.70. The molecule has 4 nitrogen and oxygen atoms in total. The molecule has 40 heavy (non-hydrogen) atoms. The molecule has 0 saturated heterocycles. The van der Waals surface area contributed by atoms with E-state index in [2.05, 4.69) is 5.32 Å². The number of Topliss-reactive ketones (excluding diaryl/α,β-unsaturated/α-hetero) is 2. The first-order valence-electron chi connectivity index (χ1n) is 11.7. The van der Waals surface area contributed by atoms with E-state index in [0.717, 1.165) is 12.1 Å². The number of amides is 1. The molecular weight excluding hydrogens is 600 g/mol. The van der Waals surface area contributed by atoms with E-state index in [-0.39, 0.29) is 28.3 Å². The maximum atomic E-state index is 14.0. The van der Waals surface area contributed by atoms with Crippen LogP contribution in [0.4, 0.5) is 27.6 Å². The van der Waals surface area contributed by atoms with E-state index < -0.39 is 63.4 Å². The fourth-order valence-electron chi connectivity index (χ4n) is 4.39. The molecule has 12 heteroatoms. The summed E-state index contributed by atoms with van der Waals surface area (Å²) in [5.41, 5.74) is 0.798. The van der Waals surface area contributed by atoms with Crippen molar-refractivity contribution in [3.05, 3.63) is 99.1 Å². The number of ketones is 2. The Bertz CT molecular complexity index is 1520. The van der Waals surface area contributed by atoms with Gasteiger partial charge in [-0.15, -0.1) is 23.2 Å². The van der Waals surface area contributed by atoms with E-state index in [0.29, 0.717) is 11.1 Å². The Kier molecular flexibility index (Phi) is 8.32. The Balaban J connectivity index is 1.48. The van der Waals surface area contributed by atoms with Gasteiger partial charge in [0, 0.05) is 30.0 Å². The fraction of sp³-hybridized carbons (Fsp3) is 0.250. The zero-order chi connectivity index (χ0) is 29.6. The van der Waals surface area contributed by atoms with Gasteiger partial charge in [-0.25, -0.2) is 8.78 Å². The standard InChI is InChI=1S/C28H19Cl3F5NO3/c1-13-8-15(3-7-20(13)32)24-25(27(24,30)31)26(40)37-17-4-5-19(29)18(12-17)22(38)10-14-2-6-21(33)16(9-14)11-23(39)28(34,35)36/h2-9,12,24-25H,10-11H2,1H3,(H,37,40)/t24-,25+/m0/s1. The summed E-state index contributed by atoms with van der Waals surface area (Å²) in [6, 6.07) is 11.5. The fourth-order valence-corrected chi connectivity index (χ4v) is 5.44. The minimum absolute atomic E-state index is 0.0128. The van der Waals surface area contributed by atoms with Gasteiger partial charge in [0.2, 0.25) is 11.7 Å². The Morgan fingerprint density at radius 3 is 2.25 bits per heavy atom. The van der Waals surface area contributed by atoms with Gasteiger partial charge in [0.15, 0.2) is 5.78 Å². The van der Waals surface area contributed by atoms with Crippen molar-refractivity contribution in [3.8, 4) is 0 Å². The van der Waals surface area contributed by atoms with Gasteiger partial charge in [-0.3, -0.25) is 14.4 Å². The molecular formula is C28H19Cl3F5NO3. The first-order chi connectivity index (χ1) is 18.6. The van der Waals surface area contributed by atoms with Crippen LogP contribution < -0.4 is 5.32 Å². The van der Waals surface area contributed by atoms with Crippen molar-refractivity contribution in [1.82, 2.24) is 0 Å². The third kappa shape index (κ3) is 6.32. The molecule has 1 fully saturated rings. The Morgan fingerprint density at radius 1 is 0.925 bits per heavy atom. The number of hydrogen-bond acceptors (Lipinski definition) is 3. The monoisotopic (exact) mass is 617 g/mol. The molecule has 1 aliphatic carbocycles. The van der Waals surface area contributed by atoms with Crippen molar-refractivity contribution in [2.45, 2.75) is 36.2 Å². The number of benzene rings is 3. The predicted octanol–water partition coefficient (Wildman–Crippen LogP) is 7.55. The molecule has 3 aromatic rings. The zero-order valence-corrected chi connectivity index (χ0v) is 22.8. The quantitative estimate of drug-likeness (QED) is 0.161. The van der Waals surface area contributed by atoms with Crippen LogP contribution in [0, 0.1) is 24.5 Å². The lowest BCUT2D eigenvalue weighted by molar-refractivity contribution is -0.170. The van der Waals surface area contributed by atoms with Gasteiger partial charge >= 0.3 is 6.18 Å². The van der Waals surface area contributed by atoms with Crippen LogP contribution in [0.5, 0.6) is 0 Å². The highest BCUT2D eigenvalue weighted by molar-refractivity contribution is 6.53. The van der Waals surface area contributed by atoms with Crippen LogP contribution in [-0.4, -0.2) is 28.0 Å². The summed E-state index contributed by atoms with van der Waals surface area (Å²) in [5.74, 6) is -6.13. The highest BCUT2D eigenvalue weighted by Crippen LogP contribution is 2.65. The normalized spacial score (nSPS) is 17.8. The van der Waals surface area contributed by atoms with Crippen molar-refractivity contribution >= 4 is 58.0 Å². The second-order valence-corrected chi connectivity index (χ2v) is 11.3. The summed E-state index contributed by atoms with van der Waals surface area (Å²) < 4.78 is 64.1. The van der Waals surface area contributed by atoms with Crippen molar-refractivity contribution in [2.24, 2.45) is 5.92 Å². The lowest BCUT2D eigenvalue weighted by Gasteiger charge is -2.11. The topological polar surface area (TPSA) is 63.2 Å². The second-order valence-electron chi connectivity index (χ2n) is 9.45. The molecule has 210 valence electrons. The van der Waals surface area contributed by atoms with Crippen LogP contribution in [0.25, 0.3) is 0 Å². The van der Waals surface area contributed by atoms with Gasteiger partial charge in [0.25, 0.3) is 0 Å². The molecule has 0 aliphatic heterocycles. The Labute approximate surface area is 240 Å². The molecule has 0 spiro atoms. The third-order valence-electron chi connectivity index (χ3n) is 6.55. The van der Waals surface area contributed by atoms with Gasteiger partial charge in [-0.1, -0.05) is 35.9 Å². The van der Waals surface area contributed by atoms with E-state index in [9.17, 15) is 36.3 Å². The number of carbonyl (C=O) groups is 3. The molecule has 0 heterocycles. The summed E-state index contributed by atoms with van der Waals surface area (Å²) in [4.78, 5) is 37.3. The van der Waals surface area contributed by atoms with Crippen molar-refractivity contribution < 1.29 is 36.3 Å². The zero-order valence-electron chi connectivity index (χ0n) is 20.5. The summed E-state index contributed by atoms with van der Waals surface area (Å²) in [7, 11) is 0. The largest absolute Gasteiger partial charge is 0.450 e. The average molecular weight is 619 g/mol. The summed E-state index contributed by atoms with van der Waals surface area (Å²) >= 11 is 18.9. The van der Waals surface area contributed by atoms with Crippen molar-refractivity contribution in [1.29, 1.82) is 0 Å². The minimum atomic E-state index is -5.12. The van der Waals surface area contributed by atoms with Crippen molar-refractivity contribution in [3.63, 3.8) is 0 Å². The highest BCUT2D eigenvalue weighted by atomic mass is 35.5. The summed E-state index contributed by atoms with van der Waals surface area (Å²) in [6.45, 7) is 1.57. The van der Waals surface area contributed by atoms with Gasteiger partial charge in [0.05, 0.1) is 10.9 Å². The maximum Gasteiger partial charge on any atom is 0.450 e. The predicted molar refractivity (Wildman–Crippen MR) is 141 cm³/mol. The maximum absolute atomic E-state index is 14.0. The van der Waals surface area contributed by atoms with Crippen LogP contribution in [-0.2, 0) is 22.4 Å². The molecule has 0 aromatic heterocycles. The van der Waals surface area contributed by atoms with E-state index >= 15 is 0 Å². The number of carbonyl (C=O) groups excluding carboxylic acids is 3. The van der Waals surface area contributed by atoms with Crippen LogP contribution in [0.15, 0.2) is 54.6 Å². The Hall–Kier alpha value is -3.01. The number of alkyl halides is 5. The molecule has 4 rings (SSSR count). The smallest absolute Gasteiger partial charge is 0.326 e. The summed E-state index contributed by atoms with van der Waals surface area (Å²) in [5, 5.41) is 2.67. The third-order valence-corrected chi connectivity index (χ3v) is 7.82. The molecule has 2 atom stereocenters. The number of rotatable bonds is 8. The average Bonchev–Trinajstić information content (AvgIpc) is 3.45. The molecule has 1 saturated carbocycles. The van der Waals surface area contributed by atoms with Crippen LogP contribution in [0.2, 0.25) is 5.02 Å². The van der Waals surface area contributed by atoms with E-state index in [4.69, 9.17) is 34.8 Å². The first kappa shape index (κ1) is 30.0. The number of hydrogen-bond donors (Lipinski definition) is 1. The lowest BCUT2D eigenvalue weighted by atomic mass is 9.98. The molecule has 0 radical (unpaired) electrons. The molecule has 1 aliphatic rings. The van der Waals surface area contributed by atoms with Gasteiger partial charge in [0.1, 0.15) is 16.0 Å². The number of halogens is 8. The first-order valence-corrected chi connectivity index (χ1v) is 12.9. The molecule has 0 bridgehead atoms. The molecule has 1 amide bonds. The van der Waals surface area contributed by atoms with Crippen LogP contribution in [0.1, 0.15) is 38.5 Å². The van der Waals surface area contributed by atoms with Gasteiger partial charge in [-0.05, 0) is 59.5 Å². The van der Waals surface area contributed by atoms with E-state index in [1.165, 1.54) is 36.4 Å². The number of nitrogens with one attached hydrogen (secondary N) is 1. The van der Waals surface area contributed by atoms with Gasteiger partial charge < -0.3 is 5.32 Å². The lowest BCUT2D eigenvalue weighted by Crippen LogP contribution is -2.25. The second kappa shape index (κ2) is 11.1. The minimum Gasteiger partial charge on any atom is -0.326 e. The molecule has 3 aromatic carbocycles. The van der Waals surface area contributed by atoms with Crippen LogP contribution >= 0.6 is 34.8 Å².